The molecule has 0 bridgehead atoms. The topological polar surface area (TPSA) is 86.7 Å². The number of aliphatic carboxylic acids is 1. The summed E-state index contributed by atoms with van der Waals surface area (Å²) in [7, 11) is 0. The third-order valence-corrected chi connectivity index (χ3v) is 3.98. The van der Waals surface area contributed by atoms with Crippen LogP contribution in [0.5, 0.6) is 0 Å². The van der Waals surface area contributed by atoms with Crippen molar-refractivity contribution in [2.45, 2.75) is 13.0 Å². The number of thioether (sulfide) groups is 1. The molecule has 0 aromatic heterocycles. The van der Waals surface area contributed by atoms with Gasteiger partial charge >= 0.3 is 12.0 Å². The molecule has 1 aliphatic rings. The van der Waals surface area contributed by atoms with Crippen molar-refractivity contribution in [3.8, 4) is 0 Å². The minimum absolute atomic E-state index is 0.0511. The van der Waals surface area contributed by atoms with E-state index in [0.29, 0.717) is 22.9 Å². The van der Waals surface area contributed by atoms with Crippen molar-refractivity contribution in [1.29, 1.82) is 0 Å². The fraction of sp³-hybridized carbons (Fsp3) is 0.308. The lowest BCUT2D eigenvalue weighted by Gasteiger charge is -2.20. The first kappa shape index (κ1) is 14.4. The van der Waals surface area contributed by atoms with Gasteiger partial charge in [-0.05, 0) is 31.2 Å². The summed E-state index contributed by atoms with van der Waals surface area (Å²) >= 11 is 1.40. The molecule has 1 saturated heterocycles. The Morgan fingerprint density at radius 3 is 2.50 bits per heavy atom. The molecule has 7 heteroatoms. The molecule has 1 unspecified atom stereocenters. The number of ketones is 1. The van der Waals surface area contributed by atoms with E-state index in [4.69, 9.17) is 5.11 Å². The van der Waals surface area contributed by atoms with Crippen LogP contribution in [0.3, 0.4) is 0 Å². The number of urea groups is 1. The fourth-order valence-corrected chi connectivity index (χ4v) is 2.98. The molecule has 2 amide bonds. The van der Waals surface area contributed by atoms with Crippen LogP contribution in [0.1, 0.15) is 17.3 Å². The number of amides is 2. The molecule has 0 saturated carbocycles. The van der Waals surface area contributed by atoms with Crippen LogP contribution in [-0.2, 0) is 4.79 Å². The number of hydrogen-bond donors (Lipinski definition) is 2. The number of nitrogens with zero attached hydrogens (tertiary/aromatic N) is 1. The average Bonchev–Trinajstić information content (AvgIpc) is 2.88. The summed E-state index contributed by atoms with van der Waals surface area (Å²) in [5.74, 6) is -0.303. The van der Waals surface area contributed by atoms with Crippen molar-refractivity contribution in [2.75, 3.05) is 16.9 Å². The number of anilines is 1. The molecule has 20 heavy (non-hydrogen) atoms. The minimum Gasteiger partial charge on any atom is -0.480 e. The predicted octanol–water partition coefficient (Wildman–Crippen LogP) is 1.88. The highest BCUT2D eigenvalue weighted by Crippen LogP contribution is 2.22. The maximum atomic E-state index is 12.0. The van der Waals surface area contributed by atoms with E-state index in [0.717, 1.165) is 0 Å². The summed E-state index contributed by atoms with van der Waals surface area (Å²) < 4.78 is 0. The maximum Gasteiger partial charge on any atom is 0.327 e. The van der Waals surface area contributed by atoms with E-state index in [9.17, 15) is 14.4 Å². The molecule has 0 aliphatic carbocycles. The smallest absolute Gasteiger partial charge is 0.327 e. The Bertz CT molecular complexity index is 544. The normalized spacial score (nSPS) is 17.9. The summed E-state index contributed by atoms with van der Waals surface area (Å²) in [6.07, 6.45) is 0. The zero-order valence-electron chi connectivity index (χ0n) is 10.8. The second-order valence-electron chi connectivity index (χ2n) is 4.39. The van der Waals surface area contributed by atoms with Gasteiger partial charge in [-0.2, -0.15) is 0 Å². The van der Waals surface area contributed by atoms with E-state index < -0.39 is 18.0 Å². The van der Waals surface area contributed by atoms with Crippen molar-refractivity contribution in [2.24, 2.45) is 0 Å². The maximum absolute atomic E-state index is 12.0. The average molecular weight is 294 g/mol. The molecule has 1 atom stereocenters. The second-order valence-corrected chi connectivity index (χ2v) is 5.39. The van der Waals surface area contributed by atoms with Crippen LogP contribution < -0.4 is 5.32 Å². The minimum atomic E-state index is -1.00. The highest BCUT2D eigenvalue weighted by Gasteiger charge is 2.34. The van der Waals surface area contributed by atoms with E-state index in [1.165, 1.54) is 23.6 Å². The molecule has 1 fully saturated rings. The summed E-state index contributed by atoms with van der Waals surface area (Å²) in [6.45, 7) is 1.46. The molecular weight excluding hydrogens is 280 g/mol. The quantitative estimate of drug-likeness (QED) is 0.831. The lowest BCUT2D eigenvalue weighted by atomic mass is 10.1. The van der Waals surface area contributed by atoms with Gasteiger partial charge in [0.1, 0.15) is 6.04 Å². The van der Waals surface area contributed by atoms with Gasteiger partial charge in [0.05, 0.1) is 5.88 Å². The van der Waals surface area contributed by atoms with Gasteiger partial charge < -0.3 is 15.3 Å². The lowest BCUT2D eigenvalue weighted by Crippen LogP contribution is -2.43. The van der Waals surface area contributed by atoms with Gasteiger partial charge in [-0.1, -0.05) is 0 Å². The van der Waals surface area contributed by atoms with Crippen molar-refractivity contribution in [3.63, 3.8) is 0 Å². The predicted molar refractivity (Wildman–Crippen MR) is 76.1 cm³/mol. The zero-order chi connectivity index (χ0) is 14.7. The van der Waals surface area contributed by atoms with Gasteiger partial charge in [0.25, 0.3) is 0 Å². The molecule has 1 aliphatic heterocycles. The van der Waals surface area contributed by atoms with Crippen molar-refractivity contribution < 1.29 is 19.5 Å². The van der Waals surface area contributed by atoms with E-state index in [1.807, 2.05) is 0 Å². The molecule has 2 N–H and O–H groups in total. The van der Waals surface area contributed by atoms with E-state index in [2.05, 4.69) is 5.32 Å². The largest absolute Gasteiger partial charge is 0.480 e. The Morgan fingerprint density at radius 1 is 1.30 bits per heavy atom. The first-order chi connectivity index (χ1) is 9.49. The third-order valence-electron chi connectivity index (χ3n) is 2.97. The molecule has 1 aromatic carbocycles. The molecule has 0 radical (unpaired) electrons. The van der Waals surface area contributed by atoms with Crippen LogP contribution in [-0.4, -0.2) is 45.5 Å². The Hall–Kier alpha value is -2.02. The Balaban J connectivity index is 2.04. The summed E-state index contributed by atoms with van der Waals surface area (Å²) in [6, 6.07) is 5.23. The molecule has 1 heterocycles. The van der Waals surface area contributed by atoms with E-state index in [1.54, 1.807) is 24.3 Å². The fourth-order valence-electron chi connectivity index (χ4n) is 1.83. The zero-order valence-corrected chi connectivity index (χ0v) is 11.6. The van der Waals surface area contributed by atoms with Crippen molar-refractivity contribution >= 4 is 35.2 Å². The molecule has 0 spiro atoms. The lowest BCUT2D eigenvalue weighted by molar-refractivity contribution is -0.140. The van der Waals surface area contributed by atoms with Crippen LogP contribution in [0.4, 0.5) is 10.5 Å². The van der Waals surface area contributed by atoms with Crippen LogP contribution in [0.2, 0.25) is 0 Å². The highest BCUT2D eigenvalue weighted by atomic mass is 32.2. The highest BCUT2D eigenvalue weighted by molar-refractivity contribution is 7.99. The molecule has 106 valence electrons. The summed E-state index contributed by atoms with van der Waals surface area (Å²) in [4.78, 5) is 35.5. The summed E-state index contributed by atoms with van der Waals surface area (Å²) in [5, 5.41) is 11.7. The van der Waals surface area contributed by atoms with Crippen LogP contribution in [0.15, 0.2) is 24.3 Å². The van der Waals surface area contributed by atoms with Gasteiger partial charge in [-0.25, -0.2) is 9.59 Å². The van der Waals surface area contributed by atoms with E-state index in [-0.39, 0.29) is 5.78 Å². The Labute approximate surface area is 120 Å². The number of hydrogen-bond acceptors (Lipinski definition) is 4. The number of carbonyl (C=O) groups excluding carboxylic acids is 2. The number of rotatable bonds is 3. The number of benzene rings is 1. The number of Topliss-reactive ketones (excluding diaryl/α,β-unsaturated/α-hetero) is 1. The third kappa shape index (κ3) is 3.11. The second kappa shape index (κ2) is 5.96. The Kier molecular flexibility index (Phi) is 4.29. The van der Waals surface area contributed by atoms with Crippen molar-refractivity contribution in [3.05, 3.63) is 29.8 Å². The molecule has 2 rings (SSSR count). The first-order valence-electron chi connectivity index (χ1n) is 5.98. The molecular formula is C13H14N2O4S. The van der Waals surface area contributed by atoms with Gasteiger partial charge in [-0.3, -0.25) is 4.79 Å². The number of nitrogens with one attached hydrogen (secondary N) is 1. The van der Waals surface area contributed by atoms with Crippen LogP contribution in [0.25, 0.3) is 0 Å². The van der Waals surface area contributed by atoms with Gasteiger partial charge in [-0.15, -0.1) is 11.8 Å². The molecule has 6 nitrogen and oxygen atoms in total. The standard InChI is InChI=1S/C13H14N2O4S/c1-8(16)9-2-4-10(5-3-9)14-13(19)15-7-20-6-11(15)12(17)18/h2-5,11H,6-7H2,1H3,(H,14,19)(H,17,18). The van der Waals surface area contributed by atoms with Gasteiger partial charge in [0.2, 0.25) is 0 Å². The van der Waals surface area contributed by atoms with Gasteiger partial charge in [0, 0.05) is 17.0 Å². The first-order valence-corrected chi connectivity index (χ1v) is 7.13. The van der Waals surface area contributed by atoms with Crippen molar-refractivity contribution in [1.82, 2.24) is 4.90 Å². The monoisotopic (exact) mass is 294 g/mol. The Morgan fingerprint density at radius 2 is 1.95 bits per heavy atom. The summed E-state index contributed by atoms with van der Waals surface area (Å²) in [5.41, 5.74) is 1.09. The molecule has 1 aromatic rings. The number of carboxylic acids is 1. The van der Waals surface area contributed by atoms with Crippen LogP contribution >= 0.6 is 11.8 Å². The van der Waals surface area contributed by atoms with Gasteiger partial charge in [0.15, 0.2) is 5.78 Å². The number of carbonyl (C=O) groups is 3. The SMILES string of the molecule is CC(=O)c1ccc(NC(=O)N2CSCC2C(=O)O)cc1. The van der Waals surface area contributed by atoms with E-state index >= 15 is 0 Å². The van der Waals surface area contributed by atoms with Crippen LogP contribution in [0, 0.1) is 0 Å². The number of carboxylic acid groups (broad SMARTS) is 1.